The second-order valence-electron chi connectivity index (χ2n) is 5.46. The van der Waals surface area contributed by atoms with Crippen molar-refractivity contribution in [3.8, 4) is 0 Å². The molecule has 1 N–H and O–H groups in total. The van der Waals surface area contributed by atoms with Gasteiger partial charge in [-0.05, 0) is 18.9 Å². The summed E-state index contributed by atoms with van der Waals surface area (Å²) in [6, 6.07) is 0.657. The molecular formula is C13H17F3N4O3. The van der Waals surface area contributed by atoms with Crippen molar-refractivity contribution in [1.29, 1.82) is 0 Å². The number of nitrogens with zero attached hydrogens (tertiary/aromatic N) is 4. The van der Waals surface area contributed by atoms with Crippen LogP contribution in [0, 0.1) is 0 Å². The number of piperidine rings is 1. The van der Waals surface area contributed by atoms with Gasteiger partial charge in [-0.3, -0.25) is 4.68 Å². The lowest BCUT2D eigenvalue weighted by atomic mass is 10.1. The first-order valence-corrected chi connectivity index (χ1v) is 7.02. The van der Waals surface area contributed by atoms with Gasteiger partial charge in [0.2, 0.25) is 0 Å². The van der Waals surface area contributed by atoms with E-state index in [1.807, 2.05) is 0 Å². The highest BCUT2D eigenvalue weighted by molar-refractivity contribution is 5.85. The Bertz CT molecular complexity index is 579. The number of aromatic nitrogens is 2. The SMILES string of the molecule is CN(CC(F)(F)F)C(=O)N1CCC(n2ccc(C(=O)O)n2)CC1. The predicted octanol–water partition coefficient (Wildman–Crippen LogP) is 1.83. The Balaban J connectivity index is 1.90. The fraction of sp³-hybridized carbons (Fsp3) is 0.615. The number of rotatable bonds is 3. The molecule has 2 rings (SSSR count). The molecule has 0 aliphatic carbocycles. The van der Waals surface area contributed by atoms with E-state index in [-0.39, 0.29) is 11.7 Å². The van der Waals surface area contributed by atoms with E-state index in [0.717, 1.165) is 7.05 Å². The average molecular weight is 334 g/mol. The molecular weight excluding hydrogens is 317 g/mol. The second kappa shape index (κ2) is 6.47. The van der Waals surface area contributed by atoms with E-state index in [1.54, 1.807) is 6.20 Å². The van der Waals surface area contributed by atoms with Crippen LogP contribution in [0.2, 0.25) is 0 Å². The zero-order valence-corrected chi connectivity index (χ0v) is 12.5. The molecule has 1 fully saturated rings. The number of carboxylic acid groups (broad SMARTS) is 1. The number of alkyl halides is 3. The predicted molar refractivity (Wildman–Crippen MR) is 73.1 cm³/mol. The monoisotopic (exact) mass is 334 g/mol. The van der Waals surface area contributed by atoms with Gasteiger partial charge >= 0.3 is 18.2 Å². The van der Waals surface area contributed by atoms with Crippen LogP contribution in [0.25, 0.3) is 0 Å². The van der Waals surface area contributed by atoms with Crippen LogP contribution in [-0.2, 0) is 0 Å². The number of carbonyl (C=O) groups excluding carboxylic acids is 1. The highest BCUT2D eigenvalue weighted by Crippen LogP contribution is 2.23. The Hall–Kier alpha value is -2.26. The maximum Gasteiger partial charge on any atom is 0.406 e. The van der Waals surface area contributed by atoms with Crippen molar-refractivity contribution in [3.63, 3.8) is 0 Å². The highest BCUT2D eigenvalue weighted by atomic mass is 19.4. The zero-order chi connectivity index (χ0) is 17.2. The lowest BCUT2D eigenvalue weighted by Gasteiger charge is -2.34. The van der Waals surface area contributed by atoms with E-state index in [2.05, 4.69) is 5.10 Å². The van der Waals surface area contributed by atoms with E-state index in [9.17, 15) is 22.8 Å². The third-order valence-corrected chi connectivity index (χ3v) is 3.68. The Kier molecular flexibility index (Phi) is 4.81. The van der Waals surface area contributed by atoms with E-state index in [4.69, 9.17) is 5.11 Å². The minimum atomic E-state index is -4.43. The van der Waals surface area contributed by atoms with Crippen molar-refractivity contribution in [3.05, 3.63) is 18.0 Å². The van der Waals surface area contributed by atoms with Gasteiger partial charge in [-0.15, -0.1) is 0 Å². The van der Waals surface area contributed by atoms with Gasteiger partial charge in [-0.25, -0.2) is 9.59 Å². The van der Waals surface area contributed by atoms with Crippen LogP contribution >= 0.6 is 0 Å². The molecule has 2 heterocycles. The number of likely N-dealkylation sites (tertiary alicyclic amines) is 1. The van der Waals surface area contributed by atoms with Gasteiger partial charge in [0, 0.05) is 26.3 Å². The summed E-state index contributed by atoms with van der Waals surface area (Å²) in [5.41, 5.74) is -0.0617. The van der Waals surface area contributed by atoms with Gasteiger partial charge in [-0.1, -0.05) is 0 Å². The first kappa shape index (κ1) is 17.1. The standard InChI is InChI=1S/C13H17F3N4O3/c1-18(8-13(14,15)16)12(23)19-5-2-9(3-6-19)20-7-4-10(17-20)11(21)22/h4,7,9H,2-3,5-6,8H2,1H3,(H,21,22). The lowest BCUT2D eigenvalue weighted by molar-refractivity contribution is -0.138. The van der Waals surface area contributed by atoms with E-state index < -0.39 is 24.7 Å². The van der Waals surface area contributed by atoms with E-state index >= 15 is 0 Å². The molecule has 0 aromatic carbocycles. The normalized spacial score (nSPS) is 16.4. The zero-order valence-electron chi connectivity index (χ0n) is 12.5. The Morgan fingerprint density at radius 1 is 1.39 bits per heavy atom. The summed E-state index contributed by atoms with van der Waals surface area (Å²) < 4.78 is 38.5. The number of urea groups is 1. The quantitative estimate of drug-likeness (QED) is 0.915. The van der Waals surface area contributed by atoms with Crippen LogP contribution in [0.15, 0.2) is 12.3 Å². The van der Waals surface area contributed by atoms with Crippen molar-refractivity contribution in [2.75, 3.05) is 26.7 Å². The van der Waals surface area contributed by atoms with Crippen molar-refractivity contribution >= 4 is 12.0 Å². The Morgan fingerprint density at radius 2 is 2.00 bits per heavy atom. The molecule has 128 valence electrons. The summed E-state index contributed by atoms with van der Waals surface area (Å²) in [7, 11) is 1.12. The molecule has 0 radical (unpaired) electrons. The van der Waals surface area contributed by atoms with Gasteiger partial charge in [0.25, 0.3) is 0 Å². The number of halogens is 3. The summed E-state index contributed by atoms with van der Waals surface area (Å²) in [5, 5.41) is 12.8. The lowest BCUT2D eigenvalue weighted by Crippen LogP contribution is -2.48. The topological polar surface area (TPSA) is 78.7 Å². The maximum absolute atomic E-state index is 12.3. The molecule has 1 aromatic rings. The van der Waals surface area contributed by atoms with Crippen LogP contribution in [-0.4, -0.2) is 69.5 Å². The van der Waals surface area contributed by atoms with Gasteiger partial charge in [0.15, 0.2) is 5.69 Å². The second-order valence-corrected chi connectivity index (χ2v) is 5.46. The number of hydrogen-bond donors (Lipinski definition) is 1. The van der Waals surface area contributed by atoms with Crippen LogP contribution in [0.1, 0.15) is 29.4 Å². The number of amides is 2. The maximum atomic E-state index is 12.3. The molecule has 1 aliphatic heterocycles. The molecule has 23 heavy (non-hydrogen) atoms. The Labute approximate surface area is 130 Å². The third-order valence-electron chi connectivity index (χ3n) is 3.68. The summed E-state index contributed by atoms with van der Waals surface area (Å²) in [6.45, 7) is -0.686. The number of hydrogen-bond acceptors (Lipinski definition) is 3. The molecule has 7 nitrogen and oxygen atoms in total. The molecule has 0 unspecified atom stereocenters. The van der Waals surface area contributed by atoms with E-state index in [1.165, 1.54) is 15.6 Å². The summed E-state index contributed by atoms with van der Waals surface area (Å²) in [6.07, 6.45) is -1.86. The summed E-state index contributed by atoms with van der Waals surface area (Å²) >= 11 is 0. The molecule has 0 bridgehead atoms. The van der Waals surface area contributed by atoms with Gasteiger partial charge in [-0.2, -0.15) is 18.3 Å². The largest absolute Gasteiger partial charge is 0.476 e. The van der Waals surface area contributed by atoms with Crippen LogP contribution in [0.4, 0.5) is 18.0 Å². The molecule has 2 amide bonds. The van der Waals surface area contributed by atoms with Crippen molar-refractivity contribution < 1.29 is 27.9 Å². The summed E-state index contributed by atoms with van der Waals surface area (Å²) in [4.78, 5) is 24.8. The fourth-order valence-electron chi connectivity index (χ4n) is 2.56. The minimum absolute atomic E-state index is 0.0617. The minimum Gasteiger partial charge on any atom is -0.476 e. The molecule has 10 heteroatoms. The first-order valence-electron chi connectivity index (χ1n) is 7.02. The summed E-state index contributed by atoms with van der Waals surface area (Å²) in [5.74, 6) is -1.12. The van der Waals surface area contributed by atoms with Crippen LogP contribution < -0.4 is 0 Å². The number of aromatic carboxylic acids is 1. The third kappa shape index (κ3) is 4.36. The van der Waals surface area contributed by atoms with Crippen molar-refractivity contribution in [2.24, 2.45) is 0 Å². The average Bonchev–Trinajstić information content (AvgIpc) is 2.95. The smallest absolute Gasteiger partial charge is 0.406 e. The Morgan fingerprint density at radius 3 is 2.48 bits per heavy atom. The van der Waals surface area contributed by atoms with Crippen molar-refractivity contribution in [2.45, 2.75) is 25.1 Å². The van der Waals surface area contributed by atoms with Crippen molar-refractivity contribution in [1.82, 2.24) is 19.6 Å². The van der Waals surface area contributed by atoms with Gasteiger partial charge in [0.05, 0.1) is 6.04 Å². The fourth-order valence-corrected chi connectivity index (χ4v) is 2.56. The molecule has 1 saturated heterocycles. The van der Waals surface area contributed by atoms with Gasteiger partial charge in [0.1, 0.15) is 6.54 Å². The van der Waals surface area contributed by atoms with Gasteiger partial charge < -0.3 is 14.9 Å². The molecule has 1 aromatic heterocycles. The molecule has 0 spiro atoms. The van der Waals surface area contributed by atoms with E-state index in [0.29, 0.717) is 30.8 Å². The number of carbonyl (C=O) groups is 2. The van der Waals surface area contributed by atoms with Crippen LogP contribution in [0.5, 0.6) is 0 Å². The molecule has 0 saturated carbocycles. The molecule has 0 atom stereocenters. The number of carboxylic acids is 1. The van der Waals surface area contributed by atoms with Crippen LogP contribution in [0.3, 0.4) is 0 Å². The highest BCUT2D eigenvalue weighted by Gasteiger charge is 2.34. The first-order chi connectivity index (χ1) is 10.7. The molecule has 1 aliphatic rings.